The topological polar surface area (TPSA) is 46.5 Å². The summed E-state index contributed by atoms with van der Waals surface area (Å²) in [7, 11) is 0. The molecule has 2 aliphatic rings. The third-order valence-corrected chi connectivity index (χ3v) is 5.06. The van der Waals surface area contributed by atoms with E-state index in [0.29, 0.717) is 6.61 Å². The molecule has 3 rings (SSSR count). The van der Waals surface area contributed by atoms with Crippen molar-refractivity contribution in [2.75, 3.05) is 6.61 Å². The molecule has 2 aliphatic carbocycles. The van der Waals surface area contributed by atoms with Gasteiger partial charge in [-0.15, -0.1) is 0 Å². The standard InChI is InChI=1S/C17H22O3/c1-2-20-16(18)11-17(19)14-7-8-15(17)10-13-6-4-3-5-12(13)9-14/h3-6,14-15,19H,2,7-11H2,1H3. The minimum absolute atomic E-state index is 0.143. The van der Waals surface area contributed by atoms with Crippen LogP contribution in [0.2, 0.25) is 0 Å². The van der Waals surface area contributed by atoms with E-state index >= 15 is 0 Å². The zero-order chi connectivity index (χ0) is 14.2. The van der Waals surface area contributed by atoms with E-state index in [1.807, 2.05) is 0 Å². The number of benzene rings is 1. The van der Waals surface area contributed by atoms with Crippen LogP contribution in [0.15, 0.2) is 24.3 Å². The van der Waals surface area contributed by atoms with E-state index in [0.717, 1.165) is 25.7 Å². The Kier molecular flexibility index (Phi) is 3.55. The van der Waals surface area contributed by atoms with E-state index in [1.165, 1.54) is 11.1 Å². The minimum Gasteiger partial charge on any atom is -0.466 e. The van der Waals surface area contributed by atoms with Gasteiger partial charge in [0, 0.05) is 0 Å². The summed E-state index contributed by atoms with van der Waals surface area (Å²) in [4.78, 5) is 11.8. The highest BCUT2D eigenvalue weighted by molar-refractivity contribution is 5.71. The third-order valence-electron chi connectivity index (χ3n) is 5.06. The molecule has 0 radical (unpaired) electrons. The number of hydrogen-bond donors (Lipinski definition) is 1. The molecule has 0 heterocycles. The molecule has 1 N–H and O–H groups in total. The van der Waals surface area contributed by atoms with Gasteiger partial charge < -0.3 is 9.84 Å². The van der Waals surface area contributed by atoms with Crippen molar-refractivity contribution in [1.29, 1.82) is 0 Å². The Morgan fingerprint density at radius 3 is 2.30 bits per heavy atom. The summed E-state index contributed by atoms with van der Waals surface area (Å²) in [5, 5.41) is 11.1. The van der Waals surface area contributed by atoms with Crippen LogP contribution >= 0.6 is 0 Å². The van der Waals surface area contributed by atoms with Crippen molar-refractivity contribution in [2.24, 2.45) is 11.8 Å². The zero-order valence-corrected chi connectivity index (χ0v) is 12.0. The monoisotopic (exact) mass is 274 g/mol. The van der Waals surface area contributed by atoms with Crippen LogP contribution in [0.1, 0.15) is 37.3 Å². The van der Waals surface area contributed by atoms with Crippen molar-refractivity contribution < 1.29 is 14.6 Å². The van der Waals surface area contributed by atoms with Crippen LogP contribution in [0, 0.1) is 11.8 Å². The maximum absolute atomic E-state index is 11.8. The summed E-state index contributed by atoms with van der Waals surface area (Å²) in [6.45, 7) is 2.18. The molecule has 2 bridgehead atoms. The minimum atomic E-state index is -0.884. The summed E-state index contributed by atoms with van der Waals surface area (Å²) in [5.41, 5.74) is 1.79. The van der Waals surface area contributed by atoms with Crippen LogP contribution in [0.25, 0.3) is 0 Å². The summed E-state index contributed by atoms with van der Waals surface area (Å²) in [5.74, 6) is 0.0963. The molecule has 108 valence electrons. The van der Waals surface area contributed by atoms with E-state index in [-0.39, 0.29) is 24.2 Å². The summed E-state index contributed by atoms with van der Waals surface area (Å²) < 4.78 is 5.05. The van der Waals surface area contributed by atoms with Gasteiger partial charge >= 0.3 is 5.97 Å². The molecule has 2 atom stereocenters. The highest BCUT2D eigenvalue weighted by atomic mass is 16.5. The van der Waals surface area contributed by atoms with Gasteiger partial charge in [-0.25, -0.2) is 0 Å². The van der Waals surface area contributed by atoms with E-state index in [1.54, 1.807) is 6.92 Å². The molecular formula is C17H22O3. The van der Waals surface area contributed by atoms with Crippen molar-refractivity contribution in [2.45, 2.75) is 44.6 Å². The second-order valence-electron chi connectivity index (χ2n) is 6.12. The molecule has 2 unspecified atom stereocenters. The van der Waals surface area contributed by atoms with Gasteiger partial charge in [0.1, 0.15) is 0 Å². The lowest BCUT2D eigenvalue weighted by molar-refractivity contribution is -0.152. The predicted octanol–water partition coefficient (Wildman–Crippen LogP) is 2.50. The molecule has 3 heteroatoms. The highest BCUT2D eigenvalue weighted by Crippen LogP contribution is 2.48. The first kappa shape index (κ1) is 13.6. The number of aliphatic hydroxyl groups is 1. The van der Waals surface area contributed by atoms with Crippen molar-refractivity contribution >= 4 is 5.97 Å². The smallest absolute Gasteiger partial charge is 0.308 e. The maximum atomic E-state index is 11.8. The fourth-order valence-electron chi connectivity index (χ4n) is 4.01. The Morgan fingerprint density at radius 1 is 1.25 bits per heavy atom. The summed E-state index contributed by atoms with van der Waals surface area (Å²) >= 11 is 0. The average molecular weight is 274 g/mol. The number of rotatable bonds is 3. The molecular weight excluding hydrogens is 252 g/mol. The molecule has 1 aromatic carbocycles. The fraction of sp³-hybridized carbons (Fsp3) is 0.588. The first-order chi connectivity index (χ1) is 9.63. The lowest BCUT2D eigenvalue weighted by Crippen LogP contribution is -2.42. The van der Waals surface area contributed by atoms with Gasteiger partial charge in [-0.05, 0) is 55.6 Å². The van der Waals surface area contributed by atoms with E-state index < -0.39 is 5.60 Å². The van der Waals surface area contributed by atoms with Gasteiger partial charge in [0.25, 0.3) is 0 Å². The quantitative estimate of drug-likeness (QED) is 0.861. The Morgan fingerprint density at radius 2 is 1.80 bits per heavy atom. The van der Waals surface area contributed by atoms with Gasteiger partial charge in [0.05, 0.1) is 18.6 Å². The van der Waals surface area contributed by atoms with E-state index in [9.17, 15) is 9.90 Å². The first-order valence-corrected chi connectivity index (χ1v) is 7.58. The van der Waals surface area contributed by atoms with Crippen LogP contribution < -0.4 is 0 Å². The first-order valence-electron chi connectivity index (χ1n) is 7.58. The molecule has 3 nitrogen and oxygen atoms in total. The molecule has 0 spiro atoms. The second-order valence-corrected chi connectivity index (χ2v) is 6.12. The summed E-state index contributed by atoms with van der Waals surface area (Å²) in [6.07, 6.45) is 3.92. The third kappa shape index (κ3) is 2.24. The van der Waals surface area contributed by atoms with Crippen molar-refractivity contribution in [3.63, 3.8) is 0 Å². The van der Waals surface area contributed by atoms with Crippen molar-refractivity contribution in [3.05, 3.63) is 35.4 Å². The molecule has 0 saturated heterocycles. The van der Waals surface area contributed by atoms with Gasteiger partial charge in [0.15, 0.2) is 0 Å². The predicted molar refractivity (Wildman–Crippen MR) is 76.3 cm³/mol. The van der Waals surface area contributed by atoms with E-state index in [2.05, 4.69) is 24.3 Å². The van der Waals surface area contributed by atoms with Gasteiger partial charge in [-0.2, -0.15) is 0 Å². The molecule has 0 aliphatic heterocycles. The Balaban J connectivity index is 1.86. The fourth-order valence-corrected chi connectivity index (χ4v) is 4.01. The van der Waals surface area contributed by atoms with Crippen molar-refractivity contribution in [1.82, 2.24) is 0 Å². The average Bonchev–Trinajstić information content (AvgIpc) is 2.61. The second kappa shape index (κ2) is 5.21. The number of fused-ring (bicyclic) bond motifs is 3. The lowest BCUT2D eigenvalue weighted by Gasteiger charge is -2.32. The Bertz CT molecular complexity index is 476. The maximum Gasteiger partial charge on any atom is 0.308 e. The Labute approximate surface area is 120 Å². The Hall–Kier alpha value is -1.35. The van der Waals surface area contributed by atoms with Crippen LogP contribution in [0.5, 0.6) is 0 Å². The summed E-state index contributed by atoms with van der Waals surface area (Å²) in [6, 6.07) is 8.42. The zero-order valence-electron chi connectivity index (χ0n) is 12.0. The number of carbonyl (C=O) groups is 1. The van der Waals surface area contributed by atoms with Gasteiger partial charge in [0.2, 0.25) is 0 Å². The number of ether oxygens (including phenoxy) is 1. The SMILES string of the molecule is CCOC(=O)CC1(O)C2CCC1Cc1ccccc1C2. The lowest BCUT2D eigenvalue weighted by atomic mass is 9.80. The molecule has 20 heavy (non-hydrogen) atoms. The molecule has 1 aromatic rings. The molecule has 1 fully saturated rings. The largest absolute Gasteiger partial charge is 0.466 e. The van der Waals surface area contributed by atoms with Gasteiger partial charge in [-0.3, -0.25) is 4.79 Å². The van der Waals surface area contributed by atoms with Crippen molar-refractivity contribution in [3.8, 4) is 0 Å². The van der Waals surface area contributed by atoms with Crippen LogP contribution in [0.4, 0.5) is 0 Å². The van der Waals surface area contributed by atoms with Gasteiger partial charge in [-0.1, -0.05) is 24.3 Å². The van der Waals surface area contributed by atoms with Crippen LogP contribution in [-0.4, -0.2) is 23.3 Å². The van der Waals surface area contributed by atoms with Crippen LogP contribution in [-0.2, 0) is 22.4 Å². The highest BCUT2D eigenvalue weighted by Gasteiger charge is 2.51. The molecule has 0 amide bonds. The number of esters is 1. The number of hydrogen-bond acceptors (Lipinski definition) is 3. The van der Waals surface area contributed by atoms with Crippen LogP contribution in [0.3, 0.4) is 0 Å². The number of carbonyl (C=O) groups excluding carboxylic acids is 1. The molecule has 1 saturated carbocycles. The van der Waals surface area contributed by atoms with E-state index in [4.69, 9.17) is 4.74 Å². The molecule has 0 aromatic heterocycles. The normalized spacial score (nSPS) is 31.5.